The van der Waals surface area contributed by atoms with Gasteiger partial charge in [0.1, 0.15) is 6.04 Å². The number of amides is 1. The molecule has 0 aromatic carbocycles. The lowest BCUT2D eigenvalue weighted by atomic mass is 10.0. The molecule has 2 aromatic rings. The third kappa shape index (κ3) is 2.79. The molecular formula is C16H19N3O2S. The standard InChI is InChI=1S/C16H19N3O2S/c20-14(9-11-6-8-22-10-11)19-7-2-1-3-13(19)16-17-15(18-21-16)12-4-5-12/h6,8,10,12-13H,1-5,7,9H2/t13-/m1/s1. The van der Waals surface area contributed by atoms with Gasteiger partial charge >= 0.3 is 0 Å². The Morgan fingerprint density at radius 2 is 2.27 bits per heavy atom. The first-order chi connectivity index (χ1) is 10.8. The van der Waals surface area contributed by atoms with E-state index in [2.05, 4.69) is 10.1 Å². The van der Waals surface area contributed by atoms with Gasteiger partial charge in [0.25, 0.3) is 0 Å². The van der Waals surface area contributed by atoms with Gasteiger partial charge in [-0.3, -0.25) is 4.79 Å². The predicted molar refractivity (Wildman–Crippen MR) is 82.6 cm³/mol. The van der Waals surface area contributed by atoms with Crippen molar-refractivity contribution in [1.29, 1.82) is 0 Å². The van der Waals surface area contributed by atoms with E-state index in [0.717, 1.165) is 50.0 Å². The van der Waals surface area contributed by atoms with E-state index in [4.69, 9.17) is 4.52 Å². The second kappa shape index (κ2) is 5.83. The van der Waals surface area contributed by atoms with E-state index < -0.39 is 0 Å². The number of carbonyl (C=O) groups excluding carboxylic acids is 1. The van der Waals surface area contributed by atoms with Crippen LogP contribution in [0.25, 0.3) is 0 Å². The van der Waals surface area contributed by atoms with Crippen molar-refractivity contribution in [2.24, 2.45) is 0 Å². The van der Waals surface area contributed by atoms with Gasteiger partial charge in [0.15, 0.2) is 5.82 Å². The molecule has 1 saturated heterocycles. The number of piperidine rings is 1. The average Bonchev–Trinajstić information content (AvgIpc) is 3.06. The Balaban J connectivity index is 1.51. The van der Waals surface area contributed by atoms with Gasteiger partial charge in [-0.25, -0.2) is 0 Å². The molecule has 116 valence electrons. The van der Waals surface area contributed by atoms with Crippen molar-refractivity contribution in [2.75, 3.05) is 6.54 Å². The summed E-state index contributed by atoms with van der Waals surface area (Å²) in [5, 5.41) is 8.15. The minimum absolute atomic E-state index is 0.0418. The summed E-state index contributed by atoms with van der Waals surface area (Å²) >= 11 is 1.63. The third-order valence-corrected chi connectivity index (χ3v) is 5.18. The third-order valence-electron chi connectivity index (χ3n) is 4.44. The molecule has 22 heavy (non-hydrogen) atoms. The fourth-order valence-electron chi connectivity index (χ4n) is 3.05. The fourth-order valence-corrected chi connectivity index (χ4v) is 3.71. The quantitative estimate of drug-likeness (QED) is 0.868. The molecule has 0 radical (unpaired) electrons. The number of hydrogen-bond donors (Lipinski definition) is 0. The number of aromatic nitrogens is 2. The molecule has 0 N–H and O–H groups in total. The van der Waals surface area contributed by atoms with Gasteiger partial charge in [-0.05, 0) is 54.5 Å². The van der Waals surface area contributed by atoms with E-state index in [-0.39, 0.29) is 11.9 Å². The molecular weight excluding hydrogens is 298 g/mol. The van der Waals surface area contributed by atoms with Crippen molar-refractivity contribution < 1.29 is 9.32 Å². The second-order valence-electron chi connectivity index (χ2n) is 6.17. The Labute approximate surface area is 133 Å². The summed E-state index contributed by atoms with van der Waals surface area (Å²) < 4.78 is 5.47. The molecule has 1 saturated carbocycles. The van der Waals surface area contributed by atoms with Crippen LogP contribution >= 0.6 is 11.3 Å². The number of hydrogen-bond acceptors (Lipinski definition) is 5. The van der Waals surface area contributed by atoms with Crippen LogP contribution in [0, 0.1) is 0 Å². The van der Waals surface area contributed by atoms with Gasteiger partial charge in [-0.2, -0.15) is 16.3 Å². The van der Waals surface area contributed by atoms with Crippen LogP contribution in [0.3, 0.4) is 0 Å². The van der Waals surface area contributed by atoms with Crippen LogP contribution in [0.4, 0.5) is 0 Å². The lowest BCUT2D eigenvalue weighted by Gasteiger charge is -2.33. The van der Waals surface area contributed by atoms with Crippen LogP contribution in [0.2, 0.25) is 0 Å². The molecule has 0 spiro atoms. The van der Waals surface area contributed by atoms with Gasteiger partial charge in [0.2, 0.25) is 11.8 Å². The molecule has 2 aromatic heterocycles. The maximum atomic E-state index is 12.6. The monoisotopic (exact) mass is 317 g/mol. The van der Waals surface area contributed by atoms with Crippen molar-refractivity contribution in [2.45, 2.75) is 50.5 Å². The van der Waals surface area contributed by atoms with Gasteiger partial charge < -0.3 is 9.42 Å². The smallest absolute Gasteiger partial charge is 0.249 e. The highest BCUT2D eigenvalue weighted by atomic mass is 32.1. The zero-order chi connectivity index (χ0) is 14.9. The van der Waals surface area contributed by atoms with E-state index in [0.29, 0.717) is 18.2 Å². The molecule has 1 aliphatic carbocycles. The zero-order valence-corrected chi connectivity index (χ0v) is 13.2. The molecule has 0 unspecified atom stereocenters. The Bertz CT molecular complexity index is 648. The summed E-state index contributed by atoms with van der Waals surface area (Å²) in [6.45, 7) is 0.786. The summed E-state index contributed by atoms with van der Waals surface area (Å²) in [7, 11) is 0. The van der Waals surface area contributed by atoms with Crippen molar-refractivity contribution >= 4 is 17.2 Å². The average molecular weight is 317 g/mol. The lowest BCUT2D eigenvalue weighted by Crippen LogP contribution is -2.39. The number of likely N-dealkylation sites (tertiary alicyclic amines) is 1. The van der Waals surface area contributed by atoms with Gasteiger partial charge in [0.05, 0.1) is 6.42 Å². The first kappa shape index (κ1) is 13.9. The first-order valence-corrected chi connectivity index (χ1v) is 8.89. The predicted octanol–water partition coefficient (Wildman–Crippen LogP) is 3.30. The normalized spacial score (nSPS) is 22.0. The fraction of sp³-hybridized carbons (Fsp3) is 0.562. The van der Waals surface area contributed by atoms with Gasteiger partial charge in [0, 0.05) is 12.5 Å². The molecule has 1 aliphatic heterocycles. The zero-order valence-electron chi connectivity index (χ0n) is 12.4. The van der Waals surface area contributed by atoms with E-state index in [9.17, 15) is 4.79 Å². The summed E-state index contributed by atoms with van der Waals surface area (Å²) in [6, 6.07) is 1.97. The Kier molecular flexibility index (Phi) is 3.70. The SMILES string of the molecule is O=C(Cc1ccsc1)N1CCCC[C@@H]1c1nc(C2CC2)no1. The van der Waals surface area contributed by atoms with Crippen LogP contribution in [-0.4, -0.2) is 27.5 Å². The highest BCUT2D eigenvalue weighted by Gasteiger charge is 2.34. The van der Waals surface area contributed by atoms with Crippen molar-refractivity contribution in [3.05, 3.63) is 34.1 Å². The molecule has 1 amide bonds. The second-order valence-corrected chi connectivity index (χ2v) is 6.95. The maximum absolute atomic E-state index is 12.6. The summed E-state index contributed by atoms with van der Waals surface area (Å²) in [6.07, 6.45) is 5.85. The first-order valence-electron chi connectivity index (χ1n) is 7.95. The molecule has 0 bridgehead atoms. The van der Waals surface area contributed by atoms with Crippen LogP contribution in [-0.2, 0) is 11.2 Å². The summed E-state index contributed by atoms with van der Waals surface area (Å²) in [5.74, 6) is 2.09. The minimum Gasteiger partial charge on any atom is -0.337 e. The van der Waals surface area contributed by atoms with Crippen LogP contribution in [0.5, 0.6) is 0 Å². The van der Waals surface area contributed by atoms with Crippen molar-refractivity contribution in [3.63, 3.8) is 0 Å². The molecule has 2 aliphatic rings. The Morgan fingerprint density at radius 1 is 1.36 bits per heavy atom. The number of carbonyl (C=O) groups is 1. The molecule has 5 nitrogen and oxygen atoms in total. The van der Waals surface area contributed by atoms with E-state index >= 15 is 0 Å². The Hall–Kier alpha value is -1.69. The Morgan fingerprint density at radius 3 is 3.05 bits per heavy atom. The number of nitrogens with zero attached hydrogens (tertiary/aromatic N) is 3. The lowest BCUT2D eigenvalue weighted by molar-refractivity contribution is -0.135. The van der Waals surface area contributed by atoms with Gasteiger partial charge in [-0.15, -0.1) is 0 Å². The van der Waals surface area contributed by atoms with Crippen molar-refractivity contribution in [3.8, 4) is 0 Å². The van der Waals surface area contributed by atoms with E-state index in [1.165, 1.54) is 0 Å². The molecule has 2 fully saturated rings. The largest absolute Gasteiger partial charge is 0.337 e. The maximum Gasteiger partial charge on any atom is 0.249 e. The molecule has 6 heteroatoms. The summed E-state index contributed by atoms with van der Waals surface area (Å²) in [4.78, 5) is 19.1. The van der Waals surface area contributed by atoms with E-state index in [1.54, 1.807) is 11.3 Å². The molecule has 3 heterocycles. The van der Waals surface area contributed by atoms with Crippen LogP contribution in [0.15, 0.2) is 21.3 Å². The summed E-state index contributed by atoms with van der Waals surface area (Å²) in [5.41, 5.74) is 1.09. The highest BCUT2D eigenvalue weighted by Crippen LogP contribution is 2.39. The minimum atomic E-state index is -0.0418. The highest BCUT2D eigenvalue weighted by molar-refractivity contribution is 7.07. The van der Waals surface area contributed by atoms with Crippen molar-refractivity contribution in [1.82, 2.24) is 15.0 Å². The van der Waals surface area contributed by atoms with E-state index in [1.807, 2.05) is 21.7 Å². The van der Waals surface area contributed by atoms with Gasteiger partial charge in [-0.1, -0.05) is 5.16 Å². The number of rotatable bonds is 4. The number of thiophene rings is 1. The molecule has 1 atom stereocenters. The van der Waals surface area contributed by atoms with Crippen LogP contribution in [0.1, 0.15) is 61.3 Å². The topological polar surface area (TPSA) is 59.2 Å². The van der Waals surface area contributed by atoms with Crippen LogP contribution < -0.4 is 0 Å². The molecule has 4 rings (SSSR count).